The molecule has 2 heterocycles. The molecule has 0 unspecified atom stereocenters. The molecule has 0 aliphatic carbocycles. The first kappa shape index (κ1) is 15.5. The van der Waals surface area contributed by atoms with Gasteiger partial charge in [-0.3, -0.25) is 10.4 Å². The summed E-state index contributed by atoms with van der Waals surface area (Å²) in [7, 11) is 1.61. The van der Waals surface area contributed by atoms with Crippen molar-refractivity contribution in [2.24, 2.45) is 0 Å². The average molecular weight is 309 g/mol. The normalized spacial score (nSPS) is 12.1. The van der Waals surface area contributed by atoms with Crippen LogP contribution in [0.2, 0.25) is 0 Å². The molecule has 114 valence electrons. The Bertz CT molecular complexity index is 595. The largest absolute Gasteiger partial charge is 0.378 e. The van der Waals surface area contributed by atoms with Crippen molar-refractivity contribution in [1.29, 1.82) is 0 Å². The second-order valence-electron chi connectivity index (χ2n) is 4.82. The number of amides is 2. The first-order valence-corrected chi connectivity index (χ1v) is 7.46. The van der Waals surface area contributed by atoms with Crippen molar-refractivity contribution in [1.82, 2.24) is 20.5 Å². The fraction of sp³-hybridized carbons (Fsp3) is 0.462. The lowest BCUT2D eigenvalue weighted by Gasteiger charge is -2.12. The number of methoxy groups -OCH3 is 1. The number of nitrogens with zero attached hydrogens (tertiary/aromatic N) is 2. The van der Waals surface area contributed by atoms with E-state index >= 15 is 0 Å². The smallest absolute Gasteiger partial charge is 0.321 e. The van der Waals surface area contributed by atoms with Crippen LogP contribution in [0.15, 0.2) is 11.4 Å². The van der Waals surface area contributed by atoms with Crippen LogP contribution in [0.4, 0.5) is 9.93 Å². The third-order valence-electron chi connectivity index (χ3n) is 2.72. The van der Waals surface area contributed by atoms with Crippen molar-refractivity contribution in [2.75, 3.05) is 12.4 Å². The van der Waals surface area contributed by atoms with Gasteiger partial charge in [0.25, 0.3) is 0 Å². The molecule has 0 saturated carbocycles. The highest BCUT2D eigenvalue weighted by molar-refractivity contribution is 7.13. The monoisotopic (exact) mass is 309 g/mol. The SMILES string of the molecule is COCc1csc(NC(=O)N[C@@H](C)Cc2cc(C)[nH]n2)n1. The van der Waals surface area contributed by atoms with Crippen molar-refractivity contribution >= 4 is 22.5 Å². The number of urea groups is 1. The molecule has 8 heteroatoms. The van der Waals surface area contributed by atoms with E-state index < -0.39 is 0 Å². The minimum absolute atomic E-state index is 0.0221. The molecule has 0 fully saturated rings. The van der Waals surface area contributed by atoms with Crippen LogP contribution < -0.4 is 10.6 Å². The molecule has 0 radical (unpaired) electrons. The Labute approximate surface area is 127 Å². The quantitative estimate of drug-likeness (QED) is 0.761. The number of ether oxygens (including phenoxy) is 1. The van der Waals surface area contributed by atoms with Crippen LogP contribution in [0.1, 0.15) is 24.0 Å². The van der Waals surface area contributed by atoms with Crippen molar-refractivity contribution in [3.05, 3.63) is 28.5 Å². The standard InChI is InChI=1S/C13H19N5O2S/c1-8(4-10-5-9(2)17-18-10)14-12(19)16-13-15-11(6-20-3)7-21-13/h5,7-8H,4,6H2,1-3H3,(H,17,18)(H2,14,15,16,19)/t8-/m0/s1. The summed E-state index contributed by atoms with van der Waals surface area (Å²) in [6, 6.07) is 1.67. The number of nitrogens with one attached hydrogen (secondary N) is 3. The summed E-state index contributed by atoms with van der Waals surface area (Å²) in [5.41, 5.74) is 2.74. The van der Waals surface area contributed by atoms with Crippen molar-refractivity contribution in [2.45, 2.75) is 32.9 Å². The third-order valence-corrected chi connectivity index (χ3v) is 3.52. The zero-order valence-corrected chi connectivity index (χ0v) is 13.1. The predicted octanol–water partition coefficient (Wildman–Crippen LogP) is 2.07. The van der Waals surface area contributed by atoms with E-state index in [1.54, 1.807) is 7.11 Å². The lowest BCUT2D eigenvalue weighted by atomic mass is 10.2. The number of hydrogen-bond donors (Lipinski definition) is 3. The summed E-state index contributed by atoms with van der Waals surface area (Å²) in [6.45, 7) is 4.32. The number of anilines is 1. The number of aromatic nitrogens is 3. The van der Waals surface area contributed by atoms with Gasteiger partial charge in [0.15, 0.2) is 5.13 Å². The van der Waals surface area contributed by atoms with Gasteiger partial charge in [0.2, 0.25) is 0 Å². The van der Waals surface area contributed by atoms with Gasteiger partial charge in [0.05, 0.1) is 18.0 Å². The van der Waals surface area contributed by atoms with E-state index in [-0.39, 0.29) is 12.1 Å². The number of thiazole rings is 1. The summed E-state index contributed by atoms with van der Waals surface area (Å²) in [4.78, 5) is 16.1. The van der Waals surface area contributed by atoms with E-state index in [0.717, 1.165) is 17.1 Å². The Kier molecular flexibility index (Phi) is 5.29. The number of carbonyl (C=O) groups excluding carboxylic acids is 1. The minimum atomic E-state index is -0.270. The highest BCUT2D eigenvalue weighted by atomic mass is 32.1. The van der Waals surface area contributed by atoms with Gasteiger partial charge in [-0.25, -0.2) is 9.78 Å². The van der Waals surface area contributed by atoms with Gasteiger partial charge < -0.3 is 10.1 Å². The highest BCUT2D eigenvalue weighted by Gasteiger charge is 2.11. The second-order valence-corrected chi connectivity index (χ2v) is 5.68. The maximum Gasteiger partial charge on any atom is 0.321 e. The summed E-state index contributed by atoms with van der Waals surface area (Å²) in [6.07, 6.45) is 0.671. The number of aryl methyl sites for hydroxylation is 1. The summed E-state index contributed by atoms with van der Waals surface area (Å²) in [5, 5.41) is 15.0. The molecule has 0 aromatic carbocycles. The first-order chi connectivity index (χ1) is 10.1. The Balaban J connectivity index is 1.80. The lowest BCUT2D eigenvalue weighted by Crippen LogP contribution is -2.37. The van der Waals surface area contributed by atoms with Gasteiger partial charge >= 0.3 is 6.03 Å². The van der Waals surface area contributed by atoms with Crippen LogP contribution in [0.5, 0.6) is 0 Å². The van der Waals surface area contributed by atoms with Gasteiger partial charge in [-0.05, 0) is 19.9 Å². The minimum Gasteiger partial charge on any atom is -0.378 e. The molecule has 0 aliphatic rings. The molecule has 0 aliphatic heterocycles. The molecule has 0 bridgehead atoms. The molecule has 21 heavy (non-hydrogen) atoms. The zero-order chi connectivity index (χ0) is 15.2. The van der Waals surface area contributed by atoms with Crippen LogP contribution >= 0.6 is 11.3 Å². The fourth-order valence-corrected chi connectivity index (χ4v) is 2.57. The van der Waals surface area contributed by atoms with Gasteiger partial charge in [0.1, 0.15) is 0 Å². The predicted molar refractivity (Wildman–Crippen MR) is 81.5 cm³/mol. The van der Waals surface area contributed by atoms with Gasteiger partial charge in [-0.1, -0.05) is 0 Å². The third kappa shape index (κ3) is 4.83. The number of rotatable bonds is 6. The van der Waals surface area contributed by atoms with Crippen molar-refractivity contribution < 1.29 is 9.53 Å². The maximum absolute atomic E-state index is 11.9. The number of aromatic amines is 1. The van der Waals surface area contributed by atoms with E-state index in [2.05, 4.69) is 25.8 Å². The Morgan fingerprint density at radius 2 is 2.33 bits per heavy atom. The van der Waals surface area contributed by atoms with E-state index in [9.17, 15) is 4.79 Å². The van der Waals surface area contributed by atoms with Crippen molar-refractivity contribution in [3.63, 3.8) is 0 Å². The lowest BCUT2D eigenvalue weighted by molar-refractivity contribution is 0.182. The molecule has 1 atom stereocenters. The zero-order valence-electron chi connectivity index (χ0n) is 12.3. The molecule has 0 spiro atoms. The molecule has 2 aromatic heterocycles. The van der Waals surface area contributed by atoms with Gasteiger partial charge in [-0.15, -0.1) is 11.3 Å². The number of hydrogen-bond acceptors (Lipinski definition) is 5. The molecule has 2 rings (SSSR count). The molecule has 3 N–H and O–H groups in total. The van der Waals surface area contributed by atoms with Crippen LogP contribution in [0.25, 0.3) is 0 Å². The summed E-state index contributed by atoms with van der Waals surface area (Å²) < 4.78 is 4.99. The van der Waals surface area contributed by atoms with E-state index in [1.807, 2.05) is 25.3 Å². The van der Waals surface area contributed by atoms with E-state index in [1.165, 1.54) is 11.3 Å². The van der Waals surface area contributed by atoms with E-state index in [0.29, 0.717) is 18.2 Å². The molecule has 7 nitrogen and oxygen atoms in total. The van der Waals surface area contributed by atoms with Gasteiger partial charge in [-0.2, -0.15) is 5.10 Å². The first-order valence-electron chi connectivity index (χ1n) is 6.58. The van der Waals surface area contributed by atoms with Crippen LogP contribution in [-0.4, -0.2) is 34.4 Å². The summed E-state index contributed by atoms with van der Waals surface area (Å²) >= 11 is 1.37. The molecular weight excluding hydrogens is 290 g/mol. The Hall–Kier alpha value is -1.93. The van der Waals surface area contributed by atoms with Crippen molar-refractivity contribution in [3.8, 4) is 0 Å². The van der Waals surface area contributed by atoms with E-state index in [4.69, 9.17) is 4.74 Å². The second kappa shape index (κ2) is 7.19. The fourth-order valence-electron chi connectivity index (χ4n) is 1.88. The number of carbonyl (C=O) groups is 1. The Morgan fingerprint density at radius 3 is 3.00 bits per heavy atom. The molecule has 0 saturated heterocycles. The highest BCUT2D eigenvalue weighted by Crippen LogP contribution is 2.15. The summed E-state index contributed by atoms with van der Waals surface area (Å²) in [5.74, 6) is 0. The number of H-pyrrole nitrogens is 1. The molecule has 2 amide bonds. The van der Waals surface area contributed by atoms with Crippen LogP contribution in [0, 0.1) is 6.92 Å². The topological polar surface area (TPSA) is 91.9 Å². The van der Waals surface area contributed by atoms with Gasteiger partial charge in [0, 0.05) is 30.6 Å². The Morgan fingerprint density at radius 1 is 1.52 bits per heavy atom. The van der Waals surface area contributed by atoms with Crippen LogP contribution in [-0.2, 0) is 17.8 Å². The average Bonchev–Trinajstić information content (AvgIpc) is 2.99. The molecular formula is C13H19N5O2S. The maximum atomic E-state index is 11.9. The van der Waals surface area contributed by atoms with Crippen LogP contribution in [0.3, 0.4) is 0 Å². The molecule has 2 aromatic rings.